The summed E-state index contributed by atoms with van der Waals surface area (Å²) in [4.78, 5) is 25.1. The van der Waals surface area contributed by atoms with Crippen molar-refractivity contribution >= 4 is 17.6 Å². The zero-order valence-electron chi connectivity index (χ0n) is 18.5. The van der Waals surface area contributed by atoms with Crippen molar-refractivity contribution in [3.05, 3.63) is 77.9 Å². The highest BCUT2D eigenvalue weighted by molar-refractivity contribution is 6.03. The molecular weight excluding hydrogens is 402 g/mol. The lowest BCUT2D eigenvalue weighted by Gasteiger charge is -2.20. The summed E-state index contributed by atoms with van der Waals surface area (Å²) in [5, 5.41) is 3.00. The Morgan fingerprint density at radius 1 is 1.03 bits per heavy atom. The lowest BCUT2D eigenvalue weighted by atomic mass is 9.84. The highest BCUT2D eigenvalue weighted by Crippen LogP contribution is 2.35. The molecule has 1 aliphatic heterocycles. The first kappa shape index (κ1) is 21.9. The number of hydrogen-bond acceptors (Lipinski definition) is 4. The van der Waals surface area contributed by atoms with Gasteiger partial charge in [0.1, 0.15) is 17.6 Å². The topological polar surface area (TPSA) is 64.6 Å². The number of para-hydroxylation sites is 1. The third-order valence-electron chi connectivity index (χ3n) is 6.20. The minimum Gasteiger partial charge on any atom is -0.458 e. The minimum absolute atomic E-state index is 0.0983. The number of anilines is 1. The van der Waals surface area contributed by atoms with Gasteiger partial charge in [-0.3, -0.25) is 9.59 Å². The summed E-state index contributed by atoms with van der Waals surface area (Å²) >= 11 is 0. The lowest BCUT2D eigenvalue weighted by Crippen LogP contribution is -2.21. The third kappa shape index (κ3) is 5.28. The van der Waals surface area contributed by atoms with E-state index in [1.54, 1.807) is 0 Å². The van der Waals surface area contributed by atoms with Gasteiger partial charge >= 0.3 is 5.97 Å². The van der Waals surface area contributed by atoms with Gasteiger partial charge in [-0.1, -0.05) is 36.8 Å². The van der Waals surface area contributed by atoms with E-state index in [1.807, 2.05) is 67.6 Å². The molecule has 5 nitrogen and oxygen atoms in total. The molecule has 1 fully saturated rings. The zero-order valence-corrected chi connectivity index (χ0v) is 18.5. The average molecular weight is 432 g/mol. The van der Waals surface area contributed by atoms with Crippen LogP contribution in [0.25, 0.3) is 0 Å². The van der Waals surface area contributed by atoms with Gasteiger partial charge in [-0.05, 0) is 75.1 Å². The molecule has 0 bridgehead atoms. The number of benzene rings is 2. The van der Waals surface area contributed by atoms with Crippen LogP contribution in [0, 0.1) is 11.8 Å². The van der Waals surface area contributed by atoms with Gasteiger partial charge in [-0.25, -0.2) is 0 Å². The summed E-state index contributed by atoms with van der Waals surface area (Å²) in [6, 6.07) is 16.9. The van der Waals surface area contributed by atoms with Gasteiger partial charge in [0.25, 0.3) is 5.91 Å². The highest BCUT2D eigenvalue weighted by Gasteiger charge is 2.40. The molecule has 1 N–H and O–H groups in total. The Morgan fingerprint density at radius 3 is 2.50 bits per heavy atom. The van der Waals surface area contributed by atoms with Gasteiger partial charge in [0, 0.05) is 17.2 Å². The summed E-state index contributed by atoms with van der Waals surface area (Å²) in [6.45, 7) is 3.98. The fraction of sp³-hybridized carbons (Fsp3) is 0.333. The van der Waals surface area contributed by atoms with Crippen molar-refractivity contribution in [3.63, 3.8) is 0 Å². The van der Waals surface area contributed by atoms with Crippen molar-refractivity contribution in [3.8, 4) is 11.5 Å². The van der Waals surface area contributed by atoms with Crippen LogP contribution >= 0.6 is 0 Å². The molecule has 0 radical (unpaired) electrons. The molecule has 0 saturated carbocycles. The molecule has 1 aliphatic carbocycles. The van der Waals surface area contributed by atoms with E-state index >= 15 is 0 Å². The Labute approximate surface area is 189 Å². The van der Waals surface area contributed by atoms with E-state index in [0.717, 1.165) is 36.3 Å². The van der Waals surface area contributed by atoms with Crippen LogP contribution in [0.1, 0.15) is 39.5 Å². The fourth-order valence-corrected chi connectivity index (χ4v) is 4.27. The van der Waals surface area contributed by atoms with E-state index < -0.39 is 0 Å². The van der Waals surface area contributed by atoms with E-state index in [1.165, 1.54) is 5.57 Å². The van der Waals surface area contributed by atoms with Crippen LogP contribution in [0.5, 0.6) is 11.5 Å². The Hall–Kier alpha value is -3.34. The van der Waals surface area contributed by atoms with Gasteiger partial charge in [0.05, 0.1) is 5.92 Å². The van der Waals surface area contributed by atoms with Crippen LogP contribution in [-0.4, -0.2) is 18.0 Å². The predicted molar refractivity (Wildman–Crippen MR) is 124 cm³/mol. The maximum Gasteiger partial charge on any atom is 0.309 e. The zero-order chi connectivity index (χ0) is 22.5. The molecule has 2 aromatic carbocycles. The Morgan fingerprint density at radius 2 is 1.75 bits per heavy atom. The smallest absolute Gasteiger partial charge is 0.309 e. The lowest BCUT2D eigenvalue weighted by molar-refractivity contribution is -0.142. The van der Waals surface area contributed by atoms with Gasteiger partial charge in [-0.15, -0.1) is 0 Å². The number of esters is 1. The molecule has 0 aromatic heterocycles. The summed E-state index contributed by atoms with van der Waals surface area (Å²) in [5.41, 5.74) is 2.67. The Balaban J connectivity index is 1.41. The van der Waals surface area contributed by atoms with Gasteiger partial charge in [0.2, 0.25) is 0 Å². The largest absolute Gasteiger partial charge is 0.458 e. The first-order valence-electron chi connectivity index (χ1n) is 11.2. The molecule has 0 spiro atoms. The van der Waals surface area contributed by atoms with E-state index in [-0.39, 0.29) is 29.8 Å². The number of fused-ring (bicyclic) bond motifs is 1. The van der Waals surface area contributed by atoms with E-state index in [0.29, 0.717) is 12.2 Å². The van der Waals surface area contributed by atoms with Crippen molar-refractivity contribution < 1.29 is 19.1 Å². The van der Waals surface area contributed by atoms with Crippen LogP contribution in [0.4, 0.5) is 5.69 Å². The molecule has 1 heterocycles. The molecule has 2 aliphatic rings. The second kappa shape index (κ2) is 9.86. The maximum absolute atomic E-state index is 13.0. The number of ether oxygens (including phenoxy) is 2. The predicted octanol–water partition coefficient (Wildman–Crippen LogP) is 6.04. The number of carbonyl (C=O) groups excluding carboxylic acids is 2. The molecule has 2 aromatic rings. The van der Waals surface area contributed by atoms with Crippen molar-refractivity contribution in [2.45, 2.75) is 45.6 Å². The highest BCUT2D eigenvalue weighted by atomic mass is 16.6. The molecule has 3 atom stereocenters. The van der Waals surface area contributed by atoms with Crippen molar-refractivity contribution in [2.75, 3.05) is 5.32 Å². The number of nitrogens with one attached hydrogen (secondary N) is 1. The molecule has 1 saturated heterocycles. The fourth-order valence-electron chi connectivity index (χ4n) is 4.27. The third-order valence-corrected chi connectivity index (χ3v) is 6.20. The van der Waals surface area contributed by atoms with Crippen LogP contribution < -0.4 is 10.1 Å². The Kier molecular flexibility index (Phi) is 6.74. The SMILES string of the molecule is CC1=C[C@H]2OC(=O)C(C)[C@@H]2CC/C(C(=O)Nc2ccc(Oc3ccccc3)cc2)=C\CC1. The van der Waals surface area contributed by atoms with Gasteiger partial charge in [0.15, 0.2) is 0 Å². The van der Waals surface area contributed by atoms with E-state index in [9.17, 15) is 9.59 Å². The van der Waals surface area contributed by atoms with Crippen molar-refractivity contribution in [2.24, 2.45) is 11.8 Å². The quantitative estimate of drug-likeness (QED) is 0.473. The van der Waals surface area contributed by atoms with E-state index in [4.69, 9.17) is 9.47 Å². The first-order valence-corrected chi connectivity index (χ1v) is 11.2. The molecule has 1 amide bonds. The summed E-state index contributed by atoms with van der Waals surface area (Å²) < 4.78 is 11.4. The normalized spacial score (nSPS) is 24.9. The second-order valence-corrected chi connectivity index (χ2v) is 8.57. The molecule has 4 rings (SSSR count). The number of carbonyl (C=O) groups is 2. The summed E-state index contributed by atoms with van der Waals surface area (Å²) in [6.07, 6.45) is 6.93. The average Bonchev–Trinajstić information content (AvgIpc) is 3.05. The Bertz CT molecular complexity index is 1020. The van der Waals surface area contributed by atoms with Crippen LogP contribution in [0.15, 0.2) is 77.9 Å². The number of allylic oxidation sites excluding steroid dienone is 2. The number of rotatable bonds is 4. The first-order chi connectivity index (χ1) is 15.5. The monoisotopic (exact) mass is 431 g/mol. The minimum atomic E-state index is -0.183. The van der Waals surface area contributed by atoms with Crippen molar-refractivity contribution in [1.82, 2.24) is 0 Å². The summed E-state index contributed by atoms with van der Waals surface area (Å²) in [5.74, 6) is 1.18. The number of hydrogen-bond donors (Lipinski definition) is 1. The molecule has 1 unspecified atom stereocenters. The van der Waals surface area contributed by atoms with Crippen LogP contribution in [-0.2, 0) is 14.3 Å². The second-order valence-electron chi connectivity index (χ2n) is 8.57. The van der Waals surface area contributed by atoms with Crippen LogP contribution in [0.2, 0.25) is 0 Å². The molecule has 166 valence electrons. The molecular formula is C27H29NO4. The van der Waals surface area contributed by atoms with Gasteiger partial charge < -0.3 is 14.8 Å². The van der Waals surface area contributed by atoms with Crippen molar-refractivity contribution in [1.29, 1.82) is 0 Å². The van der Waals surface area contributed by atoms with Gasteiger partial charge in [-0.2, -0.15) is 0 Å². The van der Waals surface area contributed by atoms with E-state index in [2.05, 4.69) is 18.3 Å². The molecule has 5 heteroatoms. The summed E-state index contributed by atoms with van der Waals surface area (Å²) in [7, 11) is 0. The molecule has 32 heavy (non-hydrogen) atoms. The standard InChI is InChI=1S/C27H29NO4/c1-18-7-6-8-20(11-16-24-19(2)27(30)32-25(24)17-18)26(29)28-21-12-14-23(15-13-21)31-22-9-4-3-5-10-22/h3-5,8-10,12-15,17,19,24-25H,6-7,11,16H2,1-2H3,(H,28,29)/b18-17?,20-8+/t19?,24-,25+/m0/s1. The maximum atomic E-state index is 13.0. The number of amides is 1. The van der Waals surface area contributed by atoms with Crippen LogP contribution in [0.3, 0.4) is 0 Å².